The van der Waals surface area contributed by atoms with Crippen LogP contribution in [-0.2, 0) is 6.54 Å². The van der Waals surface area contributed by atoms with Gasteiger partial charge in [-0.15, -0.1) is 0 Å². The molecule has 2 atom stereocenters. The fourth-order valence-corrected chi connectivity index (χ4v) is 2.03. The Morgan fingerprint density at radius 3 is 2.68 bits per heavy atom. The van der Waals surface area contributed by atoms with Crippen molar-refractivity contribution in [2.24, 2.45) is 0 Å². The molecular weight excluding hydrogens is 290 g/mol. The van der Waals surface area contributed by atoms with E-state index in [2.05, 4.69) is 10.3 Å². The number of aliphatic hydroxyl groups excluding tert-OH is 1. The Hall–Kier alpha value is -2.05. The minimum atomic E-state index is -0.974. The first-order valence-corrected chi connectivity index (χ1v) is 6.87. The van der Waals surface area contributed by atoms with Crippen LogP contribution in [0.4, 0.5) is 8.78 Å². The summed E-state index contributed by atoms with van der Waals surface area (Å²) < 4.78 is 31.2. The van der Waals surface area contributed by atoms with Gasteiger partial charge in [0.2, 0.25) is 5.88 Å². The van der Waals surface area contributed by atoms with Crippen molar-refractivity contribution in [1.29, 1.82) is 0 Å². The molecule has 1 aromatic carbocycles. The predicted octanol–water partition coefficient (Wildman–Crippen LogP) is 2.58. The van der Waals surface area contributed by atoms with Crippen molar-refractivity contribution < 1.29 is 18.6 Å². The predicted molar refractivity (Wildman–Crippen MR) is 78.4 cm³/mol. The molecule has 2 N–H and O–H groups in total. The number of nitrogens with zero attached hydrogens (tertiary/aromatic N) is 1. The van der Waals surface area contributed by atoms with Crippen molar-refractivity contribution in [3.8, 4) is 5.88 Å². The minimum absolute atomic E-state index is 0.317. The van der Waals surface area contributed by atoms with Crippen molar-refractivity contribution in [2.45, 2.75) is 25.6 Å². The van der Waals surface area contributed by atoms with Gasteiger partial charge in [-0.2, -0.15) is 0 Å². The molecule has 0 radical (unpaired) electrons. The van der Waals surface area contributed by atoms with E-state index < -0.39 is 17.7 Å². The SMILES string of the molecule is COc1cccc(CN[C@@H](C)[C@@H](O)c2ccc(F)c(F)c2)n1. The highest BCUT2D eigenvalue weighted by molar-refractivity contribution is 5.21. The first-order chi connectivity index (χ1) is 10.5. The largest absolute Gasteiger partial charge is 0.481 e. The van der Waals surface area contributed by atoms with Gasteiger partial charge in [-0.1, -0.05) is 12.1 Å². The van der Waals surface area contributed by atoms with Crippen LogP contribution < -0.4 is 10.1 Å². The summed E-state index contributed by atoms with van der Waals surface area (Å²) in [4.78, 5) is 4.25. The molecule has 0 spiro atoms. The topological polar surface area (TPSA) is 54.4 Å². The number of hydrogen-bond acceptors (Lipinski definition) is 4. The summed E-state index contributed by atoms with van der Waals surface area (Å²) in [6.45, 7) is 2.17. The van der Waals surface area contributed by atoms with Crippen LogP contribution in [0.25, 0.3) is 0 Å². The number of pyridine rings is 1. The second-order valence-corrected chi connectivity index (χ2v) is 4.96. The average molecular weight is 308 g/mol. The lowest BCUT2D eigenvalue weighted by Gasteiger charge is -2.20. The van der Waals surface area contributed by atoms with Gasteiger partial charge in [0.25, 0.3) is 0 Å². The van der Waals surface area contributed by atoms with Crippen LogP contribution in [0.2, 0.25) is 0 Å². The van der Waals surface area contributed by atoms with Gasteiger partial charge in [0.15, 0.2) is 11.6 Å². The number of benzene rings is 1. The van der Waals surface area contributed by atoms with Crippen LogP contribution in [-0.4, -0.2) is 23.2 Å². The van der Waals surface area contributed by atoms with Gasteiger partial charge in [-0.25, -0.2) is 13.8 Å². The molecule has 118 valence electrons. The maximum atomic E-state index is 13.2. The maximum absolute atomic E-state index is 13.2. The van der Waals surface area contributed by atoms with Crippen molar-refractivity contribution in [2.75, 3.05) is 7.11 Å². The van der Waals surface area contributed by atoms with Crippen molar-refractivity contribution in [3.63, 3.8) is 0 Å². The normalized spacial score (nSPS) is 13.7. The highest BCUT2D eigenvalue weighted by Gasteiger charge is 2.17. The van der Waals surface area contributed by atoms with Crippen molar-refractivity contribution in [3.05, 3.63) is 59.3 Å². The quantitative estimate of drug-likeness (QED) is 0.861. The zero-order valence-corrected chi connectivity index (χ0v) is 12.4. The van der Waals surface area contributed by atoms with Crippen LogP contribution in [0.5, 0.6) is 5.88 Å². The second kappa shape index (κ2) is 7.29. The molecule has 0 bridgehead atoms. The molecule has 0 aliphatic heterocycles. The summed E-state index contributed by atoms with van der Waals surface area (Å²) in [6.07, 6.45) is -0.958. The van der Waals surface area contributed by atoms with E-state index in [-0.39, 0.29) is 6.04 Å². The molecule has 0 aliphatic rings. The third kappa shape index (κ3) is 3.99. The number of methoxy groups -OCH3 is 1. The number of hydrogen-bond donors (Lipinski definition) is 2. The van der Waals surface area contributed by atoms with Gasteiger partial charge in [0, 0.05) is 18.7 Å². The fourth-order valence-electron chi connectivity index (χ4n) is 2.03. The third-order valence-corrected chi connectivity index (χ3v) is 3.35. The Balaban J connectivity index is 1.98. The highest BCUT2D eigenvalue weighted by Crippen LogP contribution is 2.19. The molecule has 1 aromatic heterocycles. The first kappa shape index (κ1) is 16.3. The molecule has 0 unspecified atom stereocenters. The molecule has 1 heterocycles. The summed E-state index contributed by atoms with van der Waals surface area (Å²) in [5, 5.41) is 13.3. The van der Waals surface area contributed by atoms with Crippen LogP contribution in [0, 0.1) is 11.6 Å². The van der Waals surface area contributed by atoms with E-state index in [4.69, 9.17) is 4.74 Å². The Morgan fingerprint density at radius 2 is 2.00 bits per heavy atom. The third-order valence-electron chi connectivity index (χ3n) is 3.35. The molecule has 6 heteroatoms. The first-order valence-electron chi connectivity index (χ1n) is 6.87. The van der Waals surface area contributed by atoms with Crippen molar-refractivity contribution in [1.82, 2.24) is 10.3 Å². The molecule has 4 nitrogen and oxygen atoms in total. The zero-order chi connectivity index (χ0) is 16.1. The van der Waals surface area contributed by atoms with Gasteiger partial charge in [-0.3, -0.25) is 0 Å². The van der Waals surface area contributed by atoms with E-state index in [0.29, 0.717) is 18.0 Å². The van der Waals surface area contributed by atoms with E-state index in [1.165, 1.54) is 13.2 Å². The zero-order valence-electron chi connectivity index (χ0n) is 12.4. The number of halogens is 2. The highest BCUT2D eigenvalue weighted by atomic mass is 19.2. The van der Waals surface area contributed by atoms with Gasteiger partial charge in [0.1, 0.15) is 0 Å². The standard InChI is InChI=1S/C16H18F2N2O2/c1-10(16(21)11-6-7-13(17)14(18)8-11)19-9-12-4-3-5-15(20-12)22-2/h3-8,10,16,19,21H,9H2,1-2H3/t10-,16+/m0/s1. The van der Waals surface area contributed by atoms with E-state index in [1.54, 1.807) is 13.0 Å². The minimum Gasteiger partial charge on any atom is -0.481 e. The van der Waals surface area contributed by atoms with Gasteiger partial charge < -0.3 is 15.2 Å². The van der Waals surface area contributed by atoms with Gasteiger partial charge >= 0.3 is 0 Å². The summed E-state index contributed by atoms with van der Waals surface area (Å²) in [5.41, 5.74) is 1.07. The van der Waals surface area contributed by atoms with Crippen molar-refractivity contribution >= 4 is 0 Å². The monoisotopic (exact) mass is 308 g/mol. The molecule has 2 rings (SSSR count). The molecule has 0 saturated carbocycles. The van der Waals surface area contributed by atoms with E-state index in [0.717, 1.165) is 17.8 Å². The summed E-state index contributed by atoms with van der Waals surface area (Å²) >= 11 is 0. The number of aromatic nitrogens is 1. The molecule has 0 fully saturated rings. The summed E-state index contributed by atoms with van der Waals surface area (Å²) in [6, 6.07) is 8.39. The molecule has 0 amide bonds. The molecule has 0 aliphatic carbocycles. The second-order valence-electron chi connectivity index (χ2n) is 4.96. The lowest BCUT2D eigenvalue weighted by Crippen LogP contribution is -2.32. The van der Waals surface area contributed by atoms with Gasteiger partial charge in [-0.05, 0) is 30.7 Å². The molecule has 0 saturated heterocycles. The maximum Gasteiger partial charge on any atom is 0.213 e. The number of ether oxygens (including phenoxy) is 1. The number of rotatable bonds is 6. The summed E-state index contributed by atoms with van der Waals surface area (Å²) in [5.74, 6) is -1.40. The Morgan fingerprint density at radius 1 is 1.23 bits per heavy atom. The lowest BCUT2D eigenvalue weighted by molar-refractivity contribution is 0.134. The van der Waals surface area contributed by atoms with E-state index >= 15 is 0 Å². The molecule has 2 aromatic rings. The van der Waals surface area contributed by atoms with Crippen LogP contribution in [0.3, 0.4) is 0 Å². The Bertz CT molecular complexity index is 637. The van der Waals surface area contributed by atoms with Gasteiger partial charge in [0.05, 0.1) is 18.9 Å². The van der Waals surface area contributed by atoms with Crippen LogP contribution in [0.15, 0.2) is 36.4 Å². The molecular formula is C16H18F2N2O2. The molecule has 22 heavy (non-hydrogen) atoms. The Kier molecular flexibility index (Phi) is 5.41. The number of nitrogens with one attached hydrogen (secondary N) is 1. The van der Waals surface area contributed by atoms with E-state index in [1.807, 2.05) is 12.1 Å². The average Bonchev–Trinajstić information content (AvgIpc) is 2.54. The smallest absolute Gasteiger partial charge is 0.213 e. The van der Waals surface area contributed by atoms with Crippen LogP contribution in [0.1, 0.15) is 24.3 Å². The fraction of sp³-hybridized carbons (Fsp3) is 0.312. The summed E-state index contributed by atoms with van der Waals surface area (Å²) in [7, 11) is 1.54. The lowest BCUT2D eigenvalue weighted by atomic mass is 10.0. The Labute approximate surface area is 127 Å². The number of aliphatic hydroxyl groups is 1. The van der Waals surface area contributed by atoms with Crippen LogP contribution >= 0.6 is 0 Å². The van der Waals surface area contributed by atoms with E-state index in [9.17, 15) is 13.9 Å².